The average Bonchev–Trinajstić information content (AvgIpc) is 3.44. The Bertz CT molecular complexity index is 1200. The van der Waals surface area contributed by atoms with E-state index in [9.17, 15) is 4.79 Å². The molecule has 2 aliphatic rings. The Morgan fingerprint density at radius 3 is 2.67 bits per heavy atom. The van der Waals surface area contributed by atoms with Crippen molar-refractivity contribution in [2.24, 2.45) is 5.92 Å². The molecular formula is C30H34N2O2S2. The number of nitrogens with zero attached hydrogens (tertiary/aromatic N) is 1. The molecule has 36 heavy (non-hydrogen) atoms. The number of carbonyl (C=O) groups excluding carboxylic acids is 1. The summed E-state index contributed by atoms with van der Waals surface area (Å²) in [4.78, 5) is 19.7. The first-order chi connectivity index (χ1) is 17.5. The summed E-state index contributed by atoms with van der Waals surface area (Å²) in [6.45, 7) is 8.64. The lowest BCUT2D eigenvalue weighted by Crippen LogP contribution is -2.55. The number of aryl methyl sites for hydroxylation is 1. The minimum Gasteiger partial charge on any atom is -0.474 e. The van der Waals surface area contributed by atoms with E-state index in [4.69, 9.17) is 9.72 Å². The van der Waals surface area contributed by atoms with Crippen molar-refractivity contribution in [1.82, 2.24) is 10.3 Å². The van der Waals surface area contributed by atoms with Gasteiger partial charge in [-0.15, -0.1) is 11.8 Å². The van der Waals surface area contributed by atoms with Crippen molar-refractivity contribution >= 4 is 29.0 Å². The van der Waals surface area contributed by atoms with Crippen molar-refractivity contribution in [2.45, 2.75) is 74.2 Å². The topological polar surface area (TPSA) is 51.2 Å². The fraction of sp³-hybridized carbons (Fsp3) is 0.400. The number of piperidine rings is 1. The first kappa shape index (κ1) is 25.1. The van der Waals surface area contributed by atoms with Crippen LogP contribution in [0.1, 0.15) is 62.3 Å². The van der Waals surface area contributed by atoms with Gasteiger partial charge in [0.25, 0.3) is 0 Å². The van der Waals surface area contributed by atoms with E-state index in [-0.39, 0.29) is 17.3 Å². The van der Waals surface area contributed by atoms with Crippen LogP contribution in [0.3, 0.4) is 0 Å². The molecule has 2 aromatic heterocycles. The number of rotatable bonds is 7. The van der Waals surface area contributed by atoms with Gasteiger partial charge in [0.2, 0.25) is 11.8 Å². The molecule has 1 amide bonds. The molecule has 1 saturated heterocycles. The molecule has 4 nitrogen and oxygen atoms in total. The summed E-state index contributed by atoms with van der Waals surface area (Å²) in [5.74, 6) is 1.16. The first-order valence-electron chi connectivity index (χ1n) is 12.8. The van der Waals surface area contributed by atoms with E-state index in [1.54, 1.807) is 23.1 Å². The maximum absolute atomic E-state index is 13.6. The van der Waals surface area contributed by atoms with E-state index in [0.717, 1.165) is 27.3 Å². The van der Waals surface area contributed by atoms with E-state index in [2.05, 4.69) is 49.3 Å². The largest absolute Gasteiger partial charge is 0.474 e. The Kier molecular flexibility index (Phi) is 7.54. The van der Waals surface area contributed by atoms with Gasteiger partial charge in [-0.2, -0.15) is 11.3 Å². The van der Waals surface area contributed by atoms with Gasteiger partial charge in [-0.1, -0.05) is 55.7 Å². The number of amides is 1. The number of thioether (sulfide) groups is 1. The SMILES string of the molecule is C=C1CC(c2ccsc2)(c2cccc(OC(C)C3CCCCC3)n2)NC(=O)C1Sc1ccccc1C. The smallest absolute Gasteiger partial charge is 0.238 e. The predicted octanol–water partition coefficient (Wildman–Crippen LogP) is 7.28. The van der Waals surface area contributed by atoms with Crippen molar-refractivity contribution in [3.05, 3.63) is 88.3 Å². The zero-order chi connectivity index (χ0) is 25.1. The summed E-state index contributed by atoms with van der Waals surface area (Å²) in [6, 6.07) is 16.2. The highest BCUT2D eigenvalue weighted by Gasteiger charge is 2.46. The lowest BCUT2D eigenvalue weighted by molar-refractivity contribution is -0.122. The third-order valence-electron chi connectivity index (χ3n) is 7.57. The van der Waals surface area contributed by atoms with Crippen molar-refractivity contribution in [1.29, 1.82) is 0 Å². The van der Waals surface area contributed by atoms with E-state index in [1.807, 2.05) is 35.7 Å². The predicted molar refractivity (Wildman–Crippen MR) is 149 cm³/mol. The van der Waals surface area contributed by atoms with Crippen LogP contribution in [0.4, 0.5) is 0 Å². The lowest BCUT2D eigenvalue weighted by atomic mass is 9.78. The van der Waals surface area contributed by atoms with Crippen molar-refractivity contribution in [2.75, 3.05) is 0 Å². The molecule has 0 bridgehead atoms. The number of pyridine rings is 1. The van der Waals surface area contributed by atoms with Crippen LogP contribution >= 0.6 is 23.1 Å². The van der Waals surface area contributed by atoms with Crippen molar-refractivity contribution in [3.8, 4) is 5.88 Å². The summed E-state index contributed by atoms with van der Waals surface area (Å²) in [5.41, 5.74) is 3.14. The molecule has 188 valence electrons. The second-order valence-corrected chi connectivity index (χ2v) is 12.0. The number of thiophene rings is 1. The Hall–Kier alpha value is -2.57. The Labute approximate surface area is 222 Å². The van der Waals surface area contributed by atoms with E-state index in [1.165, 1.54) is 32.1 Å². The Morgan fingerprint density at radius 2 is 1.94 bits per heavy atom. The van der Waals surface area contributed by atoms with Crippen molar-refractivity contribution in [3.63, 3.8) is 0 Å². The van der Waals surface area contributed by atoms with Crippen LogP contribution in [0, 0.1) is 12.8 Å². The van der Waals surface area contributed by atoms with Gasteiger partial charge in [-0.3, -0.25) is 4.79 Å². The van der Waals surface area contributed by atoms with Gasteiger partial charge in [0.05, 0.1) is 5.69 Å². The van der Waals surface area contributed by atoms with E-state index < -0.39 is 5.54 Å². The minimum absolute atomic E-state index is 0.0330. The van der Waals surface area contributed by atoms with Gasteiger partial charge in [-0.25, -0.2) is 4.98 Å². The molecule has 5 rings (SSSR count). The van der Waals surface area contributed by atoms with Gasteiger partial charge in [0.1, 0.15) is 16.9 Å². The molecule has 3 heterocycles. The van der Waals surface area contributed by atoms with Crippen LogP contribution in [0.25, 0.3) is 0 Å². The summed E-state index contributed by atoms with van der Waals surface area (Å²) in [6.07, 6.45) is 7.04. The summed E-state index contributed by atoms with van der Waals surface area (Å²) < 4.78 is 6.37. The van der Waals surface area contributed by atoms with Crippen LogP contribution in [0.15, 0.2) is 76.3 Å². The van der Waals surface area contributed by atoms with Gasteiger partial charge >= 0.3 is 0 Å². The lowest BCUT2D eigenvalue weighted by Gasteiger charge is -2.41. The molecule has 1 aromatic carbocycles. The molecule has 3 aromatic rings. The fourth-order valence-electron chi connectivity index (χ4n) is 5.48. The second kappa shape index (κ2) is 10.8. The third-order valence-corrected chi connectivity index (χ3v) is 9.75. The van der Waals surface area contributed by atoms with Gasteiger partial charge in [0, 0.05) is 17.4 Å². The van der Waals surface area contributed by atoms with Gasteiger partial charge < -0.3 is 10.1 Å². The Balaban J connectivity index is 1.42. The zero-order valence-electron chi connectivity index (χ0n) is 21.0. The van der Waals surface area contributed by atoms with Crippen LogP contribution in [0.2, 0.25) is 0 Å². The zero-order valence-corrected chi connectivity index (χ0v) is 22.7. The second-order valence-electron chi connectivity index (χ2n) is 10.1. The van der Waals surface area contributed by atoms with Crippen LogP contribution < -0.4 is 10.1 Å². The molecule has 3 unspecified atom stereocenters. The summed E-state index contributed by atoms with van der Waals surface area (Å²) >= 11 is 3.20. The highest BCUT2D eigenvalue weighted by Crippen LogP contribution is 2.44. The van der Waals surface area contributed by atoms with Crippen LogP contribution in [-0.4, -0.2) is 22.2 Å². The standard InChI is InChI=1S/C30H34N2O2S2/c1-20-10-7-8-13-25(20)36-28-21(2)18-30(32-29(28)33,24-16-17-35-19-24)26-14-9-15-27(31-26)34-22(3)23-11-5-4-6-12-23/h7-10,13-17,19,22-23,28H,2,4-6,11-12,18H2,1,3H3,(H,32,33). The normalized spacial score (nSPS) is 23.8. The van der Waals surface area contributed by atoms with E-state index >= 15 is 0 Å². The van der Waals surface area contributed by atoms with Crippen molar-refractivity contribution < 1.29 is 9.53 Å². The third kappa shape index (κ3) is 5.12. The number of aromatic nitrogens is 1. The first-order valence-corrected chi connectivity index (χ1v) is 14.7. The van der Waals surface area contributed by atoms with Gasteiger partial charge in [0.15, 0.2) is 0 Å². The fourth-order valence-corrected chi connectivity index (χ4v) is 7.29. The number of hydrogen-bond donors (Lipinski definition) is 1. The number of carbonyl (C=O) groups is 1. The summed E-state index contributed by atoms with van der Waals surface area (Å²) in [5, 5.41) is 7.18. The summed E-state index contributed by atoms with van der Waals surface area (Å²) in [7, 11) is 0. The molecule has 0 radical (unpaired) electrons. The molecular weight excluding hydrogens is 484 g/mol. The quantitative estimate of drug-likeness (QED) is 0.334. The molecule has 3 atom stereocenters. The van der Waals surface area contributed by atoms with Crippen LogP contribution in [0.5, 0.6) is 5.88 Å². The molecule has 1 aliphatic carbocycles. The number of benzene rings is 1. The number of ether oxygens (including phenoxy) is 1. The average molecular weight is 519 g/mol. The molecule has 2 fully saturated rings. The Morgan fingerprint density at radius 1 is 1.14 bits per heavy atom. The highest BCUT2D eigenvalue weighted by atomic mass is 32.2. The number of nitrogens with one attached hydrogen (secondary N) is 1. The minimum atomic E-state index is -0.760. The maximum Gasteiger partial charge on any atom is 0.238 e. The van der Waals surface area contributed by atoms with Gasteiger partial charge in [-0.05, 0) is 72.7 Å². The monoisotopic (exact) mass is 518 g/mol. The molecule has 6 heteroatoms. The maximum atomic E-state index is 13.6. The molecule has 1 aliphatic heterocycles. The number of hydrogen-bond acceptors (Lipinski definition) is 5. The molecule has 1 N–H and O–H groups in total. The van der Waals surface area contributed by atoms with Crippen LogP contribution in [-0.2, 0) is 10.3 Å². The van der Waals surface area contributed by atoms with E-state index in [0.29, 0.717) is 18.2 Å². The highest BCUT2D eigenvalue weighted by molar-refractivity contribution is 8.00. The molecule has 0 spiro atoms. The molecule has 1 saturated carbocycles.